The summed E-state index contributed by atoms with van der Waals surface area (Å²) in [4.78, 5) is 12.3. The summed E-state index contributed by atoms with van der Waals surface area (Å²) in [6.45, 7) is 8.03. The summed E-state index contributed by atoms with van der Waals surface area (Å²) in [5.74, 6) is 0.139. The zero-order chi connectivity index (χ0) is 14.7. The number of rotatable bonds is 4. The van der Waals surface area contributed by atoms with Crippen molar-refractivity contribution in [3.63, 3.8) is 0 Å². The first-order valence-corrected chi connectivity index (χ1v) is 7.49. The van der Waals surface area contributed by atoms with Gasteiger partial charge in [0.1, 0.15) is 0 Å². The number of hydrogen-bond donors (Lipinski definition) is 2. The molecule has 1 aromatic heterocycles. The Bertz CT molecular complexity index is 474. The minimum Gasteiger partial charge on any atom is -0.352 e. The molecule has 1 aromatic rings. The van der Waals surface area contributed by atoms with Crippen LogP contribution in [0.15, 0.2) is 0 Å². The number of aromatic nitrogens is 2. The lowest BCUT2D eigenvalue weighted by atomic mass is 9.98. The molecular weight excluding hydrogens is 252 g/mol. The molecule has 0 saturated carbocycles. The van der Waals surface area contributed by atoms with Crippen LogP contribution in [0.2, 0.25) is 0 Å². The minimum absolute atomic E-state index is 0.0153. The van der Waals surface area contributed by atoms with Crippen molar-refractivity contribution < 1.29 is 4.79 Å². The van der Waals surface area contributed by atoms with Crippen LogP contribution in [0.3, 0.4) is 0 Å². The Morgan fingerprint density at radius 1 is 1.55 bits per heavy atom. The summed E-state index contributed by atoms with van der Waals surface area (Å²) >= 11 is 0. The third kappa shape index (κ3) is 3.39. The van der Waals surface area contributed by atoms with Crippen LogP contribution in [0.1, 0.15) is 36.7 Å². The molecule has 2 unspecified atom stereocenters. The van der Waals surface area contributed by atoms with E-state index in [0.717, 1.165) is 43.7 Å². The van der Waals surface area contributed by atoms with E-state index in [1.165, 1.54) is 5.56 Å². The van der Waals surface area contributed by atoms with Crippen molar-refractivity contribution in [2.75, 3.05) is 13.1 Å². The summed E-state index contributed by atoms with van der Waals surface area (Å²) < 4.78 is 1.89. The number of piperidine rings is 1. The Labute approximate surface area is 121 Å². The summed E-state index contributed by atoms with van der Waals surface area (Å²) in [7, 11) is 1.95. The van der Waals surface area contributed by atoms with E-state index >= 15 is 0 Å². The Kier molecular flexibility index (Phi) is 4.81. The lowest BCUT2D eigenvalue weighted by Gasteiger charge is -2.25. The SMILES string of the molecule is Cc1nn(C)c(C)c1CC(C)C(=O)NC1CCCNC1. The van der Waals surface area contributed by atoms with E-state index in [-0.39, 0.29) is 17.9 Å². The van der Waals surface area contributed by atoms with Gasteiger partial charge in [-0.1, -0.05) is 6.92 Å². The fourth-order valence-electron chi connectivity index (χ4n) is 2.83. The van der Waals surface area contributed by atoms with Crippen LogP contribution in [0.4, 0.5) is 0 Å². The maximum atomic E-state index is 12.3. The Hall–Kier alpha value is -1.36. The number of nitrogens with zero attached hydrogens (tertiary/aromatic N) is 2. The molecule has 0 aromatic carbocycles. The first-order valence-electron chi connectivity index (χ1n) is 7.49. The van der Waals surface area contributed by atoms with E-state index in [2.05, 4.69) is 22.7 Å². The smallest absolute Gasteiger partial charge is 0.223 e. The monoisotopic (exact) mass is 278 g/mol. The molecule has 1 aliphatic rings. The molecule has 5 heteroatoms. The van der Waals surface area contributed by atoms with Gasteiger partial charge in [-0.3, -0.25) is 9.48 Å². The molecule has 2 N–H and O–H groups in total. The van der Waals surface area contributed by atoms with Gasteiger partial charge in [0, 0.05) is 31.2 Å². The summed E-state index contributed by atoms with van der Waals surface area (Å²) in [6, 6.07) is 0.287. The zero-order valence-corrected chi connectivity index (χ0v) is 13.0. The molecule has 5 nitrogen and oxygen atoms in total. The molecule has 0 aliphatic carbocycles. The average molecular weight is 278 g/mol. The third-order valence-electron chi connectivity index (χ3n) is 4.26. The second-order valence-corrected chi connectivity index (χ2v) is 5.93. The first kappa shape index (κ1) is 15.0. The maximum Gasteiger partial charge on any atom is 0.223 e. The van der Waals surface area contributed by atoms with E-state index in [9.17, 15) is 4.79 Å². The van der Waals surface area contributed by atoms with Gasteiger partial charge in [-0.05, 0) is 45.2 Å². The number of amides is 1. The van der Waals surface area contributed by atoms with Crippen LogP contribution in [-0.4, -0.2) is 34.8 Å². The van der Waals surface area contributed by atoms with Gasteiger partial charge in [-0.2, -0.15) is 5.10 Å². The Balaban J connectivity index is 1.93. The number of nitrogens with one attached hydrogen (secondary N) is 2. The normalized spacial score (nSPS) is 20.7. The molecule has 20 heavy (non-hydrogen) atoms. The highest BCUT2D eigenvalue weighted by molar-refractivity contribution is 5.79. The molecule has 2 atom stereocenters. The molecule has 1 amide bonds. The highest BCUT2D eigenvalue weighted by atomic mass is 16.1. The van der Waals surface area contributed by atoms with E-state index in [0.29, 0.717) is 0 Å². The number of carbonyl (C=O) groups is 1. The molecule has 0 spiro atoms. The van der Waals surface area contributed by atoms with Gasteiger partial charge in [0.05, 0.1) is 5.69 Å². The lowest BCUT2D eigenvalue weighted by molar-refractivity contribution is -0.125. The summed E-state index contributed by atoms with van der Waals surface area (Å²) in [5.41, 5.74) is 3.39. The van der Waals surface area contributed by atoms with Gasteiger partial charge >= 0.3 is 0 Å². The average Bonchev–Trinajstić information content (AvgIpc) is 2.66. The number of aryl methyl sites for hydroxylation is 2. The van der Waals surface area contributed by atoms with E-state index in [1.807, 2.05) is 25.6 Å². The maximum absolute atomic E-state index is 12.3. The standard InChI is InChI=1S/C15H26N4O/c1-10(8-14-11(2)18-19(4)12(14)3)15(20)17-13-6-5-7-16-9-13/h10,13,16H,5-9H2,1-4H3,(H,17,20). The van der Waals surface area contributed by atoms with Gasteiger partial charge < -0.3 is 10.6 Å². The van der Waals surface area contributed by atoms with E-state index < -0.39 is 0 Å². The van der Waals surface area contributed by atoms with Gasteiger partial charge in [-0.15, -0.1) is 0 Å². The van der Waals surface area contributed by atoms with Crippen molar-refractivity contribution >= 4 is 5.91 Å². The molecule has 112 valence electrons. The molecule has 0 bridgehead atoms. The van der Waals surface area contributed by atoms with Crippen LogP contribution >= 0.6 is 0 Å². The Morgan fingerprint density at radius 3 is 2.85 bits per heavy atom. The molecule has 0 radical (unpaired) electrons. The van der Waals surface area contributed by atoms with Crippen molar-refractivity contribution in [1.29, 1.82) is 0 Å². The fraction of sp³-hybridized carbons (Fsp3) is 0.733. The van der Waals surface area contributed by atoms with Crippen LogP contribution < -0.4 is 10.6 Å². The third-order valence-corrected chi connectivity index (χ3v) is 4.26. The topological polar surface area (TPSA) is 59.0 Å². The van der Waals surface area contributed by atoms with Crippen molar-refractivity contribution in [1.82, 2.24) is 20.4 Å². The molecular formula is C15H26N4O. The quantitative estimate of drug-likeness (QED) is 0.866. The summed E-state index contributed by atoms with van der Waals surface area (Å²) in [6.07, 6.45) is 2.98. The number of carbonyl (C=O) groups excluding carboxylic acids is 1. The second kappa shape index (κ2) is 6.39. The highest BCUT2D eigenvalue weighted by Crippen LogP contribution is 2.17. The van der Waals surface area contributed by atoms with Crippen LogP contribution in [-0.2, 0) is 18.3 Å². The molecule has 2 heterocycles. The van der Waals surface area contributed by atoms with Crippen molar-refractivity contribution in [2.24, 2.45) is 13.0 Å². The van der Waals surface area contributed by atoms with Crippen molar-refractivity contribution in [3.05, 3.63) is 17.0 Å². The summed E-state index contributed by atoms with van der Waals surface area (Å²) in [5, 5.41) is 10.9. The number of hydrogen-bond acceptors (Lipinski definition) is 3. The van der Waals surface area contributed by atoms with Crippen molar-refractivity contribution in [2.45, 2.75) is 46.1 Å². The fourth-order valence-corrected chi connectivity index (χ4v) is 2.83. The largest absolute Gasteiger partial charge is 0.352 e. The van der Waals surface area contributed by atoms with Crippen molar-refractivity contribution in [3.8, 4) is 0 Å². The predicted molar refractivity (Wildman–Crippen MR) is 79.6 cm³/mol. The van der Waals surface area contributed by atoms with E-state index in [1.54, 1.807) is 0 Å². The van der Waals surface area contributed by atoms with Gasteiger partial charge in [0.25, 0.3) is 0 Å². The lowest BCUT2D eigenvalue weighted by Crippen LogP contribution is -2.47. The predicted octanol–water partition coefficient (Wildman–Crippen LogP) is 1.08. The highest BCUT2D eigenvalue weighted by Gasteiger charge is 2.21. The van der Waals surface area contributed by atoms with Gasteiger partial charge in [0.2, 0.25) is 5.91 Å². The molecule has 2 rings (SSSR count). The zero-order valence-electron chi connectivity index (χ0n) is 13.0. The van der Waals surface area contributed by atoms with Gasteiger partial charge in [-0.25, -0.2) is 0 Å². The second-order valence-electron chi connectivity index (χ2n) is 5.93. The molecule has 1 saturated heterocycles. The Morgan fingerprint density at radius 2 is 2.30 bits per heavy atom. The van der Waals surface area contributed by atoms with E-state index in [4.69, 9.17) is 0 Å². The van der Waals surface area contributed by atoms with Crippen LogP contribution in [0.25, 0.3) is 0 Å². The van der Waals surface area contributed by atoms with Crippen LogP contribution in [0.5, 0.6) is 0 Å². The first-order chi connectivity index (χ1) is 9.49. The molecule has 1 fully saturated rings. The molecule has 1 aliphatic heterocycles. The van der Waals surface area contributed by atoms with Gasteiger partial charge in [0.15, 0.2) is 0 Å². The minimum atomic E-state index is -0.0153. The van der Waals surface area contributed by atoms with Crippen LogP contribution in [0, 0.1) is 19.8 Å².